The van der Waals surface area contributed by atoms with Crippen LogP contribution in [-0.2, 0) is 14.3 Å². The molecule has 1 amide bonds. The number of rotatable bonds is 20. The number of carbonyl (C=O) groups excluding carboxylic acids is 1. The lowest BCUT2D eigenvalue weighted by Gasteiger charge is -2.40. The predicted octanol–water partition coefficient (Wildman–Crippen LogP) is 2.15. The summed E-state index contributed by atoms with van der Waals surface area (Å²) in [6, 6.07) is -0.711. The Morgan fingerprint density at radius 3 is 1.86 bits per heavy atom. The van der Waals surface area contributed by atoms with Crippen LogP contribution in [0.15, 0.2) is 0 Å². The van der Waals surface area contributed by atoms with Crippen LogP contribution in [-0.4, -0.2) is 87.5 Å². The van der Waals surface area contributed by atoms with Crippen molar-refractivity contribution in [2.75, 3.05) is 13.2 Å². The maximum absolute atomic E-state index is 11.6. The number of carbonyl (C=O) groups is 1. The zero-order chi connectivity index (χ0) is 26.1. The fourth-order valence-electron chi connectivity index (χ4n) is 4.49. The van der Waals surface area contributed by atoms with E-state index in [1.807, 2.05) is 0 Å². The van der Waals surface area contributed by atoms with Crippen LogP contribution >= 0.6 is 0 Å². The molecular weight excluding hydrogens is 454 g/mol. The third-order valence-electron chi connectivity index (χ3n) is 6.75. The van der Waals surface area contributed by atoms with Crippen LogP contribution in [0.5, 0.6) is 0 Å². The number of aliphatic hydroxyl groups excluding tert-OH is 5. The van der Waals surface area contributed by atoms with Gasteiger partial charge in [0.05, 0.1) is 25.4 Å². The Kier molecular flexibility index (Phi) is 17.8. The predicted molar refractivity (Wildman–Crippen MR) is 134 cm³/mol. The lowest BCUT2D eigenvalue weighted by Crippen LogP contribution is -2.60. The molecule has 208 valence electrons. The standard InChI is InChI=1S/C26H51NO8/c1-3-4-5-6-7-8-9-10-11-12-13-14-15-16-21(30)20(27-19(2)29)18-34-26-25(33)24(32)23(31)22(17-28)35-26/h20-26,28,30-33H,3-18H2,1-2H3,(H,27,29)/t20-,21+,22+,23-,24-,25+,26+/m0/s1. The molecule has 35 heavy (non-hydrogen) atoms. The third-order valence-corrected chi connectivity index (χ3v) is 6.75. The molecule has 0 aliphatic carbocycles. The number of nitrogens with one attached hydrogen (secondary N) is 1. The molecule has 0 spiro atoms. The molecule has 1 aliphatic rings. The van der Waals surface area contributed by atoms with E-state index in [9.17, 15) is 30.3 Å². The number of amides is 1. The van der Waals surface area contributed by atoms with Gasteiger partial charge in [-0.05, 0) is 6.42 Å². The first kappa shape index (κ1) is 32.2. The van der Waals surface area contributed by atoms with Gasteiger partial charge in [0.1, 0.15) is 24.4 Å². The van der Waals surface area contributed by atoms with Gasteiger partial charge in [-0.1, -0.05) is 90.4 Å². The van der Waals surface area contributed by atoms with Gasteiger partial charge >= 0.3 is 0 Å². The number of hydrogen-bond acceptors (Lipinski definition) is 8. The molecule has 0 aromatic rings. The first-order chi connectivity index (χ1) is 16.8. The highest BCUT2D eigenvalue weighted by Gasteiger charge is 2.44. The van der Waals surface area contributed by atoms with E-state index in [1.54, 1.807) is 0 Å². The van der Waals surface area contributed by atoms with Crippen molar-refractivity contribution >= 4 is 5.91 Å². The molecule has 0 unspecified atom stereocenters. The smallest absolute Gasteiger partial charge is 0.217 e. The average molecular weight is 506 g/mol. The van der Waals surface area contributed by atoms with Gasteiger partial charge in [0, 0.05) is 6.92 Å². The second-order valence-electron chi connectivity index (χ2n) is 9.94. The van der Waals surface area contributed by atoms with E-state index in [-0.39, 0.29) is 12.5 Å². The number of aliphatic hydroxyl groups is 5. The average Bonchev–Trinajstić information content (AvgIpc) is 2.83. The normalized spacial score (nSPS) is 26.4. The molecule has 1 heterocycles. The Labute approximate surface area is 211 Å². The summed E-state index contributed by atoms with van der Waals surface area (Å²) >= 11 is 0. The molecule has 7 atom stereocenters. The van der Waals surface area contributed by atoms with Crippen molar-refractivity contribution in [1.82, 2.24) is 5.32 Å². The number of hydrogen-bond donors (Lipinski definition) is 6. The fourth-order valence-corrected chi connectivity index (χ4v) is 4.49. The maximum atomic E-state index is 11.6. The Morgan fingerprint density at radius 1 is 0.857 bits per heavy atom. The molecule has 9 heteroatoms. The largest absolute Gasteiger partial charge is 0.394 e. The third kappa shape index (κ3) is 13.3. The van der Waals surface area contributed by atoms with Crippen molar-refractivity contribution in [3.8, 4) is 0 Å². The summed E-state index contributed by atoms with van der Waals surface area (Å²) in [6.45, 7) is 2.88. The lowest BCUT2D eigenvalue weighted by atomic mass is 9.99. The van der Waals surface area contributed by atoms with Crippen LogP contribution in [0.3, 0.4) is 0 Å². The molecule has 6 N–H and O–H groups in total. The van der Waals surface area contributed by atoms with Crippen molar-refractivity contribution in [3.05, 3.63) is 0 Å². The van der Waals surface area contributed by atoms with E-state index in [0.29, 0.717) is 6.42 Å². The van der Waals surface area contributed by atoms with Gasteiger partial charge in [0.15, 0.2) is 6.29 Å². The van der Waals surface area contributed by atoms with Crippen LogP contribution < -0.4 is 5.32 Å². The van der Waals surface area contributed by atoms with Crippen LogP contribution in [0.2, 0.25) is 0 Å². The van der Waals surface area contributed by atoms with Gasteiger partial charge in [0.25, 0.3) is 0 Å². The minimum Gasteiger partial charge on any atom is -0.394 e. The zero-order valence-corrected chi connectivity index (χ0v) is 21.8. The Hall–Kier alpha value is -0.810. The highest BCUT2D eigenvalue weighted by molar-refractivity contribution is 5.73. The molecule has 0 aromatic heterocycles. The Morgan fingerprint density at radius 2 is 1.37 bits per heavy atom. The molecule has 0 radical (unpaired) electrons. The summed E-state index contributed by atoms with van der Waals surface area (Å²) in [5.41, 5.74) is 0. The van der Waals surface area contributed by atoms with Crippen LogP contribution in [0.4, 0.5) is 0 Å². The molecule has 0 saturated carbocycles. The van der Waals surface area contributed by atoms with E-state index in [0.717, 1.165) is 19.3 Å². The Balaban J connectivity index is 2.24. The first-order valence-corrected chi connectivity index (χ1v) is 13.7. The summed E-state index contributed by atoms with van der Waals surface area (Å²) in [5.74, 6) is -0.322. The van der Waals surface area contributed by atoms with Crippen LogP contribution in [0.1, 0.15) is 104 Å². The van der Waals surface area contributed by atoms with Gasteiger partial charge in [0.2, 0.25) is 5.91 Å². The number of unbranched alkanes of at least 4 members (excludes halogenated alkanes) is 12. The minimum absolute atomic E-state index is 0.151. The van der Waals surface area contributed by atoms with E-state index in [2.05, 4.69) is 12.2 Å². The van der Waals surface area contributed by atoms with Gasteiger partial charge in [-0.3, -0.25) is 4.79 Å². The van der Waals surface area contributed by atoms with Gasteiger partial charge in [-0.15, -0.1) is 0 Å². The Bertz CT molecular complexity index is 535. The van der Waals surface area contributed by atoms with Crippen molar-refractivity contribution in [2.45, 2.75) is 147 Å². The molecular formula is C26H51NO8. The molecule has 1 rings (SSSR count). The topological polar surface area (TPSA) is 149 Å². The van der Waals surface area contributed by atoms with Crippen molar-refractivity contribution in [3.63, 3.8) is 0 Å². The number of ether oxygens (including phenoxy) is 2. The molecule has 1 aliphatic heterocycles. The fraction of sp³-hybridized carbons (Fsp3) is 0.962. The van der Waals surface area contributed by atoms with Gasteiger partial charge in [-0.25, -0.2) is 0 Å². The van der Waals surface area contributed by atoms with Crippen molar-refractivity contribution in [1.29, 1.82) is 0 Å². The van der Waals surface area contributed by atoms with E-state index < -0.39 is 49.5 Å². The van der Waals surface area contributed by atoms with E-state index in [1.165, 1.54) is 71.1 Å². The molecule has 1 saturated heterocycles. The second kappa shape index (κ2) is 19.3. The zero-order valence-electron chi connectivity index (χ0n) is 21.8. The van der Waals surface area contributed by atoms with E-state index in [4.69, 9.17) is 9.47 Å². The van der Waals surface area contributed by atoms with Crippen molar-refractivity contribution < 1.29 is 39.8 Å². The molecule has 9 nitrogen and oxygen atoms in total. The summed E-state index contributed by atoms with van der Waals surface area (Å²) in [4.78, 5) is 11.6. The molecule has 0 bridgehead atoms. The molecule has 1 fully saturated rings. The monoisotopic (exact) mass is 505 g/mol. The second-order valence-corrected chi connectivity index (χ2v) is 9.94. The van der Waals surface area contributed by atoms with Gasteiger partial charge in [-0.2, -0.15) is 0 Å². The maximum Gasteiger partial charge on any atom is 0.217 e. The minimum atomic E-state index is -1.54. The lowest BCUT2D eigenvalue weighted by molar-refractivity contribution is -0.302. The van der Waals surface area contributed by atoms with Crippen LogP contribution in [0.25, 0.3) is 0 Å². The first-order valence-electron chi connectivity index (χ1n) is 13.7. The summed E-state index contributed by atoms with van der Waals surface area (Å²) in [6.07, 6.45) is 8.83. The highest BCUT2D eigenvalue weighted by Crippen LogP contribution is 2.22. The SMILES string of the molecule is CCCCCCCCCCCCCCC[C@@H](O)[C@H](CO[C@@H]1O[C@H](CO)[C@H](O)[C@H](O)[C@H]1O)NC(C)=O. The van der Waals surface area contributed by atoms with E-state index >= 15 is 0 Å². The summed E-state index contributed by atoms with van der Waals surface area (Å²) < 4.78 is 10.8. The van der Waals surface area contributed by atoms with Gasteiger partial charge < -0.3 is 40.3 Å². The quantitative estimate of drug-likeness (QED) is 0.138. The summed E-state index contributed by atoms with van der Waals surface area (Å²) in [5, 5.41) is 52.4. The van der Waals surface area contributed by atoms with Crippen LogP contribution in [0, 0.1) is 0 Å². The van der Waals surface area contributed by atoms with Crippen molar-refractivity contribution in [2.24, 2.45) is 0 Å². The molecule has 0 aromatic carbocycles. The summed E-state index contributed by atoms with van der Waals surface area (Å²) in [7, 11) is 0. The highest BCUT2D eigenvalue weighted by atomic mass is 16.7.